The first-order chi connectivity index (χ1) is 17.8. The van der Waals surface area contributed by atoms with Crippen LogP contribution in [0.1, 0.15) is 22.5 Å². The first kappa shape index (κ1) is 24.1. The molecule has 0 spiro atoms. The molecule has 2 aromatic heterocycles. The summed E-state index contributed by atoms with van der Waals surface area (Å²) in [5.41, 5.74) is 3.86. The Morgan fingerprint density at radius 1 is 0.892 bits per heavy atom. The van der Waals surface area contributed by atoms with E-state index in [1.807, 2.05) is 49.4 Å². The van der Waals surface area contributed by atoms with Crippen molar-refractivity contribution in [2.75, 3.05) is 0 Å². The maximum atomic E-state index is 12.8. The van der Waals surface area contributed by atoms with Crippen LogP contribution in [0.25, 0.3) is 33.1 Å². The molecule has 0 radical (unpaired) electrons. The molecule has 0 aliphatic rings. The van der Waals surface area contributed by atoms with E-state index in [-0.39, 0.29) is 18.4 Å². The number of carboxylic acids is 1. The van der Waals surface area contributed by atoms with E-state index in [4.69, 9.17) is 8.83 Å². The summed E-state index contributed by atoms with van der Waals surface area (Å²) in [5, 5.41) is 13.7. The van der Waals surface area contributed by atoms with E-state index in [1.54, 1.807) is 37.3 Å². The largest absolute Gasteiger partial charge is 0.480 e. The van der Waals surface area contributed by atoms with Crippen LogP contribution in [0.2, 0.25) is 0 Å². The second-order valence-corrected chi connectivity index (χ2v) is 9.06. The summed E-state index contributed by atoms with van der Waals surface area (Å²) >= 11 is 0. The maximum absolute atomic E-state index is 12.8. The summed E-state index contributed by atoms with van der Waals surface area (Å²) in [5.74, 6) is -0.969. The molecular weight excluding hydrogens is 470 g/mol. The Morgan fingerprint density at radius 2 is 1.54 bits per heavy atom. The van der Waals surface area contributed by atoms with Gasteiger partial charge in [-0.2, -0.15) is 0 Å². The zero-order valence-electron chi connectivity index (χ0n) is 20.4. The van der Waals surface area contributed by atoms with Crippen LogP contribution in [0, 0.1) is 13.8 Å². The molecular formula is C30H25NO6. The number of aliphatic carboxylic acids is 1. The lowest BCUT2D eigenvalue weighted by Crippen LogP contribution is -2.43. The minimum Gasteiger partial charge on any atom is -0.480 e. The number of amides is 1. The van der Waals surface area contributed by atoms with Gasteiger partial charge in [-0.1, -0.05) is 60.7 Å². The van der Waals surface area contributed by atoms with Crippen LogP contribution in [0.5, 0.6) is 0 Å². The number of carbonyl (C=O) groups excluding carboxylic acids is 1. The molecule has 3 aromatic carbocycles. The Hall–Kier alpha value is -4.65. The van der Waals surface area contributed by atoms with Crippen LogP contribution in [0.4, 0.5) is 0 Å². The number of aryl methyl sites for hydroxylation is 2. The third-order valence-electron chi connectivity index (χ3n) is 6.59. The quantitative estimate of drug-likeness (QED) is 0.301. The highest BCUT2D eigenvalue weighted by Crippen LogP contribution is 2.37. The summed E-state index contributed by atoms with van der Waals surface area (Å²) in [4.78, 5) is 37.5. The predicted octanol–water partition coefficient (Wildman–Crippen LogP) is 5.18. The van der Waals surface area contributed by atoms with E-state index >= 15 is 0 Å². The van der Waals surface area contributed by atoms with Crippen molar-refractivity contribution in [1.82, 2.24) is 5.32 Å². The molecule has 0 saturated carbocycles. The fourth-order valence-electron chi connectivity index (χ4n) is 4.73. The lowest BCUT2D eigenvalue weighted by Gasteiger charge is -2.15. The molecule has 0 saturated heterocycles. The highest BCUT2D eigenvalue weighted by Gasteiger charge is 2.23. The fourth-order valence-corrected chi connectivity index (χ4v) is 4.73. The van der Waals surface area contributed by atoms with Crippen LogP contribution >= 0.6 is 0 Å². The summed E-state index contributed by atoms with van der Waals surface area (Å²) in [7, 11) is 0. The van der Waals surface area contributed by atoms with Gasteiger partial charge in [-0.05, 0) is 36.6 Å². The first-order valence-corrected chi connectivity index (χ1v) is 11.9. The molecule has 0 bridgehead atoms. The van der Waals surface area contributed by atoms with E-state index in [0.717, 1.165) is 27.8 Å². The first-order valence-electron chi connectivity index (χ1n) is 11.9. The van der Waals surface area contributed by atoms with E-state index < -0.39 is 23.5 Å². The van der Waals surface area contributed by atoms with Gasteiger partial charge < -0.3 is 19.3 Å². The Balaban J connectivity index is 1.49. The number of nitrogens with one attached hydrogen (secondary N) is 1. The van der Waals surface area contributed by atoms with Crippen molar-refractivity contribution in [2.24, 2.45) is 0 Å². The van der Waals surface area contributed by atoms with Gasteiger partial charge >= 0.3 is 11.6 Å². The zero-order valence-corrected chi connectivity index (χ0v) is 20.4. The number of rotatable bonds is 7. The molecule has 1 atom stereocenters. The Kier molecular flexibility index (Phi) is 6.36. The van der Waals surface area contributed by atoms with E-state index in [9.17, 15) is 19.5 Å². The van der Waals surface area contributed by atoms with Crippen molar-refractivity contribution >= 4 is 33.8 Å². The maximum Gasteiger partial charge on any atom is 0.340 e. The molecule has 2 heterocycles. The Labute approximate surface area is 212 Å². The molecule has 7 heteroatoms. The van der Waals surface area contributed by atoms with Crippen molar-refractivity contribution < 1.29 is 23.5 Å². The number of carboxylic acid groups (broad SMARTS) is 1. The molecule has 1 unspecified atom stereocenters. The normalized spacial score (nSPS) is 12.1. The second-order valence-electron chi connectivity index (χ2n) is 9.06. The van der Waals surface area contributed by atoms with E-state index in [2.05, 4.69) is 5.32 Å². The third kappa shape index (κ3) is 4.76. The van der Waals surface area contributed by atoms with Crippen LogP contribution in [0.3, 0.4) is 0 Å². The van der Waals surface area contributed by atoms with Gasteiger partial charge in [0.1, 0.15) is 23.0 Å². The van der Waals surface area contributed by atoms with Crippen LogP contribution in [0.15, 0.2) is 86.4 Å². The van der Waals surface area contributed by atoms with Gasteiger partial charge in [0.25, 0.3) is 0 Å². The number of hydrogen-bond acceptors (Lipinski definition) is 5. The number of fused-ring (bicyclic) bond motifs is 2. The summed E-state index contributed by atoms with van der Waals surface area (Å²) in [6.07, 6.45) is -0.163. The van der Waals surface area contributed by atoms with Gasteiger partial charge in [-0.15, -0.1) is 0 Å². The SMILES string of the molecule is Cc1oc2cc3oc(=O)c(CC(=O)NC(Cc4ccccc4)C(=O)O)c(C)c3cc2c1-c1ccccc1. The van der Waals surface area contributed by atoms with E-state index in [0.29, 0.717) is 22.1 Å². The van der Waals surface area contributed by atoms with Crippen LogP contribution in [-0.4, -0.2) is 23.0 Å². The molecule has 7 nitrogen and oxygen atoms in total. The van der Waals surface area contributed by atoms with Gasteiger partial charge in [-0.25, -0.2) is 9.59 Å². The average Bonchev–Trinajstić information content (AvgIpc) is 3.20. The number of hydrogen-bond donors (Lipinski definition) is 2. The second kappa shape index (κ2) is 9.78. The highest BCUT2D eigenvalue weighted by molar-refractivity contribution is 6.03. The molecule has 186 valence electrons. The molecule has 37 heavy (non-hydrogen) atoms. The van der Waals surface area contributed by atoms with Gasteiger partial charge in [-0.3, -0.25) is 4.79 Å². The molecule has 5 rings (SSSR count). The number of carbonyl (C=O) groups is 2. The van der Waals surface area contributed by atoms with Gasteiger partial charge in [0.05, 0.1) is 12.0 Å². The minimum absolute atomic E-state index is 0.132. The number of benzene rings is 3. The Morgan fingerprint density at radius 3 is 2.22 bits per heavy atom. The van der Waals surface area contributed by atoms with Crippen LogP contribution in [-0.2, 0) is 22.4 Å². The van der Waals surface area contributed by atoms with Crippen molar-refractivity contribution in [3.05, 3.63) is 106 Å². The third-order valence-corrected chi connectivity index (χ3v) is 6.59. The molecule has 5 aromatic rings. The van der Waals surface area contributed by atoms with Crippen molar-refractivity contribution in [1.29, 1.82) is 0 Å². The van der Waals surface area contributed by atoms with E-state index in [1.165, 1.54) is 0 Å². The van der Waals surface area contributed by atoms with Gasteiger partial charge in [0, 0.05) is 28.8 Å². The molecule has 1 amide bonds. The zero-order chi connectivity index (χ0) is 26.1. The summed E-state index contributed by atoms with van der Waals surface area (Å²) in [6, 6.07) is 21.4. The molecule has 0 aliphatic heterocycles. The molecule has 0 aliphatic carbocycles. The monoisotopic (exact) mass is 495 g/mol. The number of furan rings is 1. The smallest absolute Gasteiger partial charge is 0.340 e. The fraction of sp³-hybridized carbons (Fsp3) is 0.167. The minimum atomic E-state index is -1.15. The van der Waals surface area contributed by atoms with Crippen molar-refractivity contribution in [3.63, 3.8) is 0 Å². The van der Waals surface area contributed by atoms with Crippen molar-refractivity contribution in [2.45, 2.75) is 32.7 Å². The predicted molar refractivity (Wildman–Crippen MR) is 141 cm³/mol. The Bertz CT molecular complexity index is 1680. The standard InChI is InChI=1S/C30H25NO6/c1-17-21-14-23-26(36-18(2)28(23)20-11-7-4-8-12-20)16-25(21)37-30(35)22(17)15-27(32)31-24(29(33)34)13-19-9-5-3-6-10-19/h3-12,14,16,24H,13,15H2,1-2H3,(H,31,32)(H,33,34). The lowest BCUT2D eigenvalue weighted by atomic mass is 9.98. The highest BCUT2D eigenvalue weighted by atomic mass is 16.4. The molecule has 2 N–H and O–H groups in total. The molecule has 0 fully saturated rings. The summed E-state index contributed by atoms with van der Waals surface area (Å²) < 4.78 is 11.5. The van der Waals surface area contributed by atoms with Crippen molar-refractivity contribution in [3.8, 4) is 11.1 Å². The van der Waals surface area contributed by atoms with Gasteiger partial charge in [0.2, 0.25) is 5.91 Å². The topological polar surface area (TPSA) is 110 Å². The average molecular weight is 496 g/mol. The van der Waals surface area contributed by atoms with Gasteiger partial charge in [0.15, 0.2) is 0 Å². The van der Waals surface area contributed by atoms with Crippen LogP contribution < -0.4 is 10.9 Å². The summed E-state index contributed by atoms with van der Waals surface area (Å²) in [6.45, 7) is 3.65. The lowest BCUT2D eigenvalue weighted by molar-refractivity contribution is -0.141.